The molecule has 1 fully saturated rings. The lowest BCUT2D eigenvalue weighted by molar-refractivity contribution is -0.870. The number of allylic oxidation sites excluding steroid dienone is 4. The summed E-state index contributed by atoms with van der Waals surface area (Å²) in [5.74, 6) is -1.46. The van der Waals surface area contributed by atoms with E-state index in [0.717, 1.165) is 44.9 Å². The molecule has 7 atom stereocenters. The van der Waals surface area contributed by atoms with Crippen molar-refractivity contribution in [3.8, 4) is 0 Å². The van der Waals surface area contributed by atoms with Gasteiger partial charge in [-0.1, -0.05) is 134 Å². The fourth-order valence-corrected chi connectivity index (χ4v) is 8.08. The number of nitrogens with zero attached hydrogens (tertiary/aromatic N) is 1. The smallest absolute Gasteiger partial charge is 0.306 e. The van der Waals surface area contributed by atoms with E-state index in [0.29, 0.717) is 43.1 Å². The topological polar surface area (TPSA) is 172 Å². The Morgan fingerprint density at radius 1 is 0.721 bits per heavy atom. The van der Waals surface area contributed by atoms with Crippen molar-refractivity contribution < 1.29 is 57.4 Å². The van der Waals surface area contributed by atoms with Gasteiger partial charge in [0, 0.05) is 25.2 Å². The van der Waals surface area contributed by atoms with E-state index in [2.05, 4.69) is 26.0 Å². The van der Waals surface area contributed by atoms with Crippen molar-refractivity contribution in [2.24, 2.45) is 11.8 Å². The minimum absolute atomic E-state index is 0.0474. The quantitative estimate of drug-likeness (QED) is 0.0177. The Balaban J connectivity index is 2.47. The van der Waals surface area contributed by atoms with Crippen LogP contribution in [0.4, 0.5) is 0 Å². The normalized spacial score (nSPS) is 20.5. The van der Waals surface area contributed by atoms with E-state index in [1.165, 1.54) is 64.2 Å². The zero-order valence-corrected chi connectivity index (χ0v) is 39.8. The maximum absolute atomic E-state index is 12.8. The first-order valence-corrected chi connectivity index (χ1v) is 25.4. The molecule has 0 aliphatic heterocycles. The summed E-state index contributed by atoms with van der Waals surface area (Å²) in [6.07, 6.45) is 32.6. The van der Waals surface area contributed by atoms with Crippen LogP contribution in [0.3, 0.4) is 0 Å². The number of aliphatic hydroxyl groups is 3. The summed E-state index contributed by atoms with van der Waals surface area (Å²) in [6, 6.07) is 0. The van der Waals surface area contributed by atoms with E-state index in [9.17, 15) is 34.4 Å². The summed E-state index contributed by atoms with van der Waals surface area (Å²) in [5.41, 5.74) is 0. The zero-order valence-electron chi connectivity index (χ0n) is 38.9. The molecular weight excluding hydrogens is 797 g/mol. The number of likely N-dealkylation sites (N-methyl/N-ethyl adjacent to an activating group) is 1. The van der Waals surface area contributed by atoms with Crippen LogP contribution in [0.1, 0.15) is 174 Å². The second kappa shape index (κ2) is 35.5. The Hall–Kier alpha value is -1.89. The monoisotopic (exact) mass is 886 g/mol. The lowest BCUT2D eigenvalue weighted by Gasteiger charge is -2.28. The first kappa shape index (κ1) is 57.1. The molecule has 1 rings (SSSR count). The number of unbranched alkanes of at least 4 members (excludes halogenated alkanes) is 16. The molecule has 1 aliphatic carbocycles. The molecule has 0 aromatic carbocycles. The second-order valence-electron chi connectivity index (χ2n) is 18.1. The molecule has 0 heterocycles. The van der Waals surface area contributed by atoms with E-state index in [4.69, 9.17) is 18.5 Å². The third-order valence-corrected chi connectivity index (χ3v) is 12.2. The Kier molecular flexibility index (Phi) is 33.2. The van der Waals surface area contributed by atoms with Gasteiger partial charge in [-0.25, -0.2) is 0 Å². The number of phosphoric acid groups is 1. The zero-order chi connectivity index (χ0) is 45.2. The van der Waals surface area contributed by atoms with Crippen molar-refractivity contribution in [3.63, 3.8) is 0 Å². The highest BCUT2D eigenvalue weighted by Crippen LogP contribution is 2.38. The molecule has 0 amide bonds. The summed E-state index contributed by atoms with van der Waals surface area (Å²) in [5, 5.41) is 31.4. The molecule has 1 saturated carbocycles. The standard InChI is InChI=1S/C48H88NO11P/c1-6-8-10-11-12-13-14-15-16-17-18-19-20-21-22-23-28-32-47(53)57-39-42(40-59-61(55,56)58-37-36-49(3,4)5)60-48(54)33-29-25-24-27-31-43-44(46(52)38-45(43)51)35-34-41(50)30-26-9-7-2/h15-16,24,27,34-35,41-46,50-52H,6-14,17-23,25-26,28-33,36-40H2,1-5H3/b16-15-,27-24+,35-34+/t41-,42+,43+,44+,45-,46+/m0/s1. The van der Waals surface area contributed by atoms with Gasteiger partial charge in [-0.3, -0.25) is 14.2 Å². The van der Waals surface area contributed by atoms with E-state index in [-0.39, 0.29) is 44.3 Å². The Morgan fingerprint density at radius 3 is 1.92 bits per heavy atom. The van der Waals surface area contributed by atoms with Gasteiger partial charge in [-0.2, -0.15) is 0 Å². The van der Waals surface area contributed by atoms with Crippen LogP contribution < -0.4 is 4.89 Å². The fourth-order valence-electron chi connectivity index (χ4n) is 7.35. The molecule has 0 spiro atoms. The number of ether oxygens (including phenoxy) is 2. The van der Waals surface area contributed by atoms with Gasteiger partial charge in [0.15, 0.2) is 6.10 Å². The SMILES string of the molecule is CCCCCCCC/C=C\CCCCCCCCCC(=O)OC[C@H](COP(=O)([O-])OCC[N+](C)(C)C)OC(=O)CCC/C=C/C[C@@H]1[C@@H](/C=C/[C@@H](O)CCCCC)[C@H](O)C[C@@H]1O. The van der Waals surface area contributed by atoms with Crippen molar-refractivity contribution in [3.05, 3.63) is 36.5 Å². The highest BCUT2D eigenvalue weighted by Gasteiger charge is 2.39. The number of phosphoric ester groups is 1. The Bertz CT molecular complexity index is 1250. The minimum atomic E-state index is -4.70. The van der Waals surface area contributed by atoms with Crippen molar-refractivity contribution in [2.75, 3.05) is 47.5 Å². The van der Waals surface area contributed by atoms with Crippen molar-refractivity contribution >= 4 is 19.8 Å². The number of esters is 2. The number of hydrogen-bond acceptors (Lipinski definition) is 11. The van der Waals surface area contributed by atoms with Crippen molar-refractivity contribution in [1.29, 1.82) is 0 Å². The maximum atomic E-state index is 12.8. The molecule has 12 nitrogen and oxygen atoms in total. The summed E-state index contributed by atoms with van der Waals surface area (Å²) < 4.78 is 33.9. The first-order chi connectivity index (χ1) is 29.2. The molecule has 0 aromatic rings. The van der Waals surface area contributed by atoms with Crippen LogP contribution in [0.5, 0.6) is 0 Å². The van der Waals surface area contributed by atoms with Gasteiger partial charge >= 0.3 is 11.9 Å². The summed E-state index contributed by atoms with van der Waals surface area (Å²) in [6.45, 7) is 3.84. The van der Waals surface area contributed by atoms with Gasteiger partial charge in [0.25, 0.3) is 7.82 Å². The number of aliphatic hydroxyl groups excluding tert-OH is 3. The largest absolute Gasteiger partial charge is 0.756 e. The van der Waals surface area contributed by atoms with E-state index in [1.807, 2.05) is 39.4 Å². The van der Waals surface area contributed by atoms with Gasteiger partial charge in [-0.15, -0.1) is 0 Å². The van der Waals surface area contributed by atoms with Crippen molar-refractivity contribution in [2.45, 2.75) is 199 Å². The van der Waals surface area contributed by atoms with Gasteiger partial charge in [0.1, 0.15) is 19.8 Å². The molecule has 356 valence electrons. The van der Waals surface area contributed by atoms with Crippen LogP contribution >= 0.6 is 7.82 Å². The summed E-state index contributed by atoms with van der Waals surface area (Å²) in [7, 11) is 1.01. The first-order valence-electron chi connectivity index (χ1n) is 24.0. The Labute approximate surface area is 370 Å². The number of carbonyl (C=O) groups excluding carboxylic acids is 2. The third kappa shape index (κ3) is 32.4. The molecular formula is C48H88NO11P. The number of quaternary nitrogens is 1. The van der Waals surface area contributed by atoms with E-state index in [1.54, 1.807) is 6.08 Å². The molecule has 1 aliphatic rings. The molecule has 13 heteroatoms. The van der Waals surface area contributed by atoms with E-state index >= 15 is 0 Å². The predicted molar refractivity (Wildman–Crippen MR) is 242 cm³/mol. The van der Waals surface area contributed by atoms with Crippen LogP contribution in [0.25, 0.3) is 0 Å². The highest BCUT2D eigenvalue weighted by molar-refractivity contribution is 7.45. The molecule has 3 N–H and O–H groups in total. The minimum Gasteiger partial charge on any atom is -0.756 e. The average molecular weight is 886 g/mol. The number of carbonyl (C=O) groups is 2. The lowest BCUT2D eigenvalue weighted by atomic mass is 9.89. The van der Waals surface area contributed by atoms with Gasteiger partial charge in [0.05, 0.1) is 46.1 Å². The number of hydrogen-bond donors (Lipinski definition) is 3. The van der Waals surface area contributed by atoms with E-state index < -0.39 is 50.8 Å². The third-order valence-electron chi connectivity index (χ3n) is 11.2. The molecule has 0 saturated heterocycles. The maximum Gasteiger partial charge on any atom is 0.306 e. The summed E-state index contributed by atoms with van der Waals surface area (Å²) in [4.78, 5) is 37.8. The lowest BCUT2D eigenvalue weighted by Crippen LogP contribution is -2.37. The molecule has 61 heavy (non-hydrogen) atoms. The van der Waals surface area contributed by atoms with Crippen LogP contribution in [0.2, 0.25) is 0 Å². The summed E-state index contributed by atoms with van der Waals surface area (Å²) >= 11 is 0. The Morgan fingerprint density at radius 2 is 1.28 bits per heavy atom. The second-order valence-corrected chi connectivity index (χ2v) is 19.5. The average Bonchev–Trinajstić information content (AvgIpc) is 3.47. The van der Waals surface area contributed by atoms with Gasteiger partial charge in [-0.05, 0) is 63.7 Å². The molecule has 0 radical (unpaired) electrons. The van der Waals surface area contributed by atoms with Gasteiger partial charge in [0.2, 0.25) is 0 Å². The molecule has 1 unspecified atom stereocenters. The highest BCUT2D eigenvalue weighted by atomic mass is 31.2. The van der Waals surface area contributed by atoms with Crippen LogP contribution in [-0.4, -0.2) is 104 Å². The molecule has 0 aromatic heterocycles. The van der Waals surface area contributed by atoms with Gasteiger partial charge < -0.3 is 43.2 Å². The molecule has 0 bridgehead atoms. The van der Waals surface area contributed by atoms with Crippen LogP contribution in [0.15, 0.2) is 36.5 Å². The number of rotatable bonds is 39. The van der Waals surface area contributed by atoms with Crippen molar-refractivity contribution in [1.82, 2.24) is 0 Å². The fraction of sp³-hybridized carbons (Fsp3) is 0.833. The predicted octanol–water partition coefficient (Wildman–Crippen LogP) is 9.44. The van der Waals surface area contributed by atoms with Crippen LogP contribution in [0, 0.1) is 11.8 Å². The van der Waals surface area contributed by atoms with Crippen LogP contribution in [-0.2, 0) is 32.7 Å².